The summed E-state index contributed by atoms with van der Waals surface area (Å²) in [5, 5.41) is 0. The predicted molar refractivity (Wildman–Crippen MR) is 97.4 cm³/mol. The number of nitrogens with zero attached hydrogens (tertiary/aromatic N) is 1. The third-order valence-corrected chi connectivity index (χ3v) is 5.53. The molecule has 2 aliphatic carbocycles. The fourth-order valence-electron chi connectivity index (χ4n) is 4.03. The second-order valence-electron chi connectivity index (χ2n) is 6.97. The largest absolute Gasteiger partial charge is 0.497 e. The van der Waals surface area contributed by atoms with E-state index < -0.39 is 0 Å². The number of ether oxygens (including phenoxy) is 1. The molecule has 2 N–H and O–H groups in total. The van der Waals surface area contributed by atoms with Gasteiger partial charge in [0.1, 0.15) is 5.75 Å². The smallest absolute Gasteiger partial charge is 0.220 e. The number of rotatable bonds is 5. The van der Waals surface area contributed by atoms with Gasteiger partial charge in [-0.25, -0.2) is 0 Å². The van der Waals surface area contributed by atoms with Crippen molar-refractivity contribution in [1.29, 1.82) is 0 Å². The lowest BCUT2D eigenvalue weighted by atomic mass is 9.84. The maximum Gasteiger partial charge on any atom is 0.220 e. The Morgan fingerprint density at radius 1 is 1.20 bits per heavy atom. The van der Waals surface area contributed by atoms with Crippen molar-refractivity contribution in [1.82, 2.24) is 0 Å². The minimum Gasteiger partial charge on any atom is -0.497 e. The fraction of sp³-hybridized carbons (Fsp3) is 0.500. The Kier molecular flexibility index (Phi) is 5.11. The minimum absolute atomic E-state index is 0.0244. The molecule has 0 saturated heterocycles. The Morgan fingerprint density at radius 3 is 2.48 bits per heavy atom. The number of amides is 1. The number of anilines is 1. The first-order valence-corrected chi connectivity index (χ1v) is 8.96. The molecule has 0 unspecified atom stereocenters. The Hall–Kier alpha value is -2.30. The Balaban J connectivity index is 1.93. The zero-order valence-electron chi connectivity index (χ0n) is 15.0. The number of carbonyl (C=O) groups excluding carboxylic acids is 2. The van der Waals surface area contributed by atoms with E-state index in [0.29, 0.717) is 6.42 Å². The molecule has 134 valence electrons. The van der Waals surface area contributed by atoms with Crippen LogP contribution in [0.5, 0.6) is 5.75 Å². The topological polar surface area (TPSA) is 72.6 Å². The number of allylic oxidation sites excluding steroid dienone is 2. The molecule has 0 heterocycles. The molecule has 0 spiro atoms. The monoisotopic (exact) mass is 342 g/mol. The van der Waals surface area contributed by atoms with E-state index in [-0.39, 0.29) is 23.7 Å². The van der Waals surface area contributed by atoms with Crippen molar-refractivity contribution in [2.45, 2.75) is 51.5 Å². The van der Waals surface area contributed by atoms with Crippen LogP contribution in [0.25, 0.3) is 0 Å². The van der Waals surface area contributed by atoms with Crippen molar-refractivity contribution in [2.75, 3.05) is 12.0 Å². The molecule has 2 aliphatic rings. The summed E-state index contributed by atoms with van der Waals surface area (Å²) in [5.41, 5.74) is 8.50. The van der Waals surface area contributed by atoms with Crippen molar-refractivity contribution in [3.05, 3.63) is 35.5 Å². The highest BCUT2D eigenvalue weighted by Crippen LogP contribution is 2.38. The second-order valence-corrected chi connectivity index (χ2v) is 6.97. The first kappa shape index (κ1) is 17.5. The Bertz CT molecular complexity index is 703. The first-order valence-electron chi connectivity index (χ1n) is 8.96. The molecular formula is C20H26N2O3. The van der Waals surface area contributed by atoms with Crippen LogP contribution in [0.15, 0.2) is 35.5 Å². The average Bonchev–Trinajstić information content (AvgIpc) is 2.95. The fourth-order valence-corrected chi connectivity index (χ4v) is 4.03. The van der Waals surface area contributed by atoms with Crippen LogP contribution in [-0.2, 0) is 9.59 Å². The highest BCUT2D eigenvalue weighted by molar-refractivity contribution is 5.99. The number of primary amides is 1. The zero-order valence-corrected chi connectivity index (χ0v) is 15.0. The number of methoxy groups -OCH3 is 1. The van der Waals surface area contributed by atoms with Gasteiger partial charge in [-0.15, -0.1) is 0 Å². The number of ketones is 1. The summed E-state index contributed by atoms with van der Waals surface area (Å²) in [6.45, 7) is 1.92. The minimum atomic E-state index is -0.196. The molecule has 3 rings (SSSR count). The lowest BCUT2D eigenvalue weighted by Crippen LogP contribution is -2.40. The Labute approximate surface area is 148 Å². The lowest BCUT2D eigenvalue weighted by molar-refractivity contribution is -0.122. The molecule has 1 saturated carbocycles. The SMILES string of the molecule is COc1cccc(N(C2=C(C)C(=O)CC2)C2CCC(C(N)=O)CC2)c1. The number of benzene rings is 1. The van der Waals surface area contributed by atoms with E-state index in [2.05, 4.69) is 11.0 Å². The van der Waals surface area contributed by atoms with Gasteiger partial charge >= 0.3 is 0 Å². The van der Waals surface area contributed by atoms with Gasteiger partial charge < -0.3 is 15.4 Å². The van der Waals surface area contributed by atoms with Crippen LogP contribution in [0.2, 0.25) is 0 Å². The highest BCUT2D eigenvalue weighted by atomic mass is 16.5. The lowest BCUT2D eigenvalue weighted by Gasteiger charge is -2.39. The van der Waals surface area contributed by atoms with Crippen LogP contribution in [0, 0.1) is 5.92 Å². The van der Waals surface area contributed by atoms with E-state index in [1.807, 2.05) is 25.1 Å². The molecular weight excluding hydrogens is 316 g/mol. The molecule has 1 aromatic rings. The van der Waals surface area contributed by atoms with Gasteiger partial charge in [0.05, 0.1) is 7.11 Å². The zero-order chi connectivity index (χ0) is 18.0. The summed E-state index contributed by atoms with van der Waals surface area (Å²) >= 11 is 0. The van der Waals surface area contributed by atoms with Crippen LogP contribution in [0.3, 0.4) is 0 Å². The van der Waals surface area contributed by atoms with Crippen LogP contribution < -0.4 is 15.4 Å². The molecule has 1 amide bonds. The molecule has 0 bridgehead atoms. The summed E-state index contributed by atoms with van der Waals surface area (Å²) in [6.07, 6.45) is 4.77. The summed E-state index contributed by atoms with van der Waals surface area (Å²) in [6, 6.07) is 8.25. The van der Waals surface area contributed by atoms with E-state index in [0.717, 1.165) is 54.8 Å². The average molecular weight is 342 g/mol. The summed E-state index contributed by atoms with van der Waals surface area (Å²) in [4.78, 5) is 25.9. The van der Waals surface area contributed by atoms with Crippen molar-refractivity contribution in [2.24, 2.45) is 11.7 Å². The normalized spacial score (nSPS) is 23.7. The predicted octanol–water partition coefficient (Wildman–Crippen LogP) is 3.18. The molecule has 0 aliphatic heterocycles. The van der Waals surface area contributed by atoms with Crippen LogP contribution in [0.1, 0.15) is 45.4 Å². The maximum absolute atomic E-state index is 12.1. The van der Waals surface area contributed by atoms with Gasteiger partial charge in [0, 0.05) is 41.4 Å². The van der Waals surface area contributed by atoms with Crippen molar-refractivity contribution < 1.29 is 14.3 Å². The van der Waals surface area contributed by atoms with Gasteiger partial charge in [0.15, 0.2) is 5.78 Å². The number of Topliss-reactive ketones (excluding diaryl/α,β-unsaturated/α-hetero) is 1. The van der Waals surface area contributed by atoms with Gasteiger partial charge in [-0.3, -0.25) is 9.59 Å². The van der Waals surface area contributed by atoms with Crippen molar-refractivity contribution >= 4 is 17.4 Å². The van der Waals surface area contributed by atoms with Gasteiger partial charge in [0.2, 0.25) is 5.91 Å². The van der Waals surface area contributed by atoms with Crippen LogP contribution in [-0.4, -0.2) is 24.8 Å². The standard InChI is InChI=1S/C20H26N2O3/c1-13-18(10-11-19(13)23)22(16-4-3-5-17(12-16)25-2)15-8-6-14(7-9-15)20(21)24/h3-5,12,14-15H,6-11H2,1-2H3,(H2,21,24). The maximum atomic E-state index is 12.1. The molecule has 5 nitrogen and oxygen atoms in total. The Morgan fingerprint density at radius 2 is 1.92 bits per heavy atom. The number of carbonyl (C=O) groups is 2. The third-order valence-electron chi connectivity index (χ3n) is 5.53. The van der Waals surface area contributed by atoms with Gasteiger partial charge in [-0.2, -0.15) is 0 Å². The van der Waals surface area contributed by atoms with E-state index >= 15 is 0 Å². The molecule has 1 fully saturated rings. The highest BCUT2D eigenvalue weighted by Gasteiger charge is 2.33. The number of hydrogen-bond donors (Lipinski definition) is 1. The van der Waals surface area contributed by atoms with Crippen molar-refractivity contribution in [3.8, 4) is 5.75 Å². The van der Waals surface area contributed by atoms with Crippen molar-refractivity contribution in [3.63, 3.8) is 0 Å². The summed E-state index contributed by atoms with van der Waals surface area (Å²) < 4.78 is 5.38. The van der Waals surface area contributed by atoms with Gasteiger partial charge in [-0.05, 0) is 51.2 Å². The molecule has 0 radical (unpaired) electrons. The van der Waals surface area contributed by atoms with Crippen LogP contribution >= 0.6 is 0 Å². The molecule has 0 aromatic heterocycles. The first-order chi connectivity index (χ1) is 12.0. The number of nitrogens with two attached hydrogens (primary N) is 1. The van der Waals surface area contributed by atoms with E-state index in [4.69, 9.17) is 10.5 Å². The molecule has 0 atom stereocenters. The van der Waals surface area contributed by atoms with E-state index in [1.165, 1.54) is 0 Å². The summed E-state index contributed by atoms with van der Waals surface area (Å²) in [7, 11) is 1.66. The molecule has 5 heteroatoms. The van der Waals surface area contributed by atoms with Gasteiger partial charge in [-0.1, -0.05) is 6.07 Å². The quantitative estimate of drug-likeness (QED) is 0.892. The van der Waals surface area contributed by atoms with E-state index in [1.54, 1.807) is 7.11 Å². The second kappa shape index (κ2) is 7.30. The summed E-state index contributed by atoms with van der Waals surface area (Å²) in [5.74, 6) is 0.811. The van der Waals surface area contributed by atoms with E-state index in [9.17, 15) is 9.59 Å². The number of hydrogen-bond acceptors (Lipinski definition) is 4. The van der Waals surface area contributed by atoms with Crippen LogP contribution in [0.4, 0.5) is 5.69 Å². The molecule has 25 heavy (non-hydrogen) atoms. The van der Waals surface area contributed by atoms with Gasteiger partial charge in [0.25, 0.3) is 0 Å². The third kappa shape index (κ3) is 3.55. The molecule has 1 aromatic carbocycles.